The number of carbonyl (C=O) groups is 1. The Morgan fingerprint density at radius 3 is 2.74 bits per heavy atom. The van der Waals surface area contributed by atoms with Crippen molar-refractivity contribution in [3.8, 4) is 0 Å². The van der Waals surface area contributed by atoms with Crippen LogP contribution in [0.15, 0.2) is 66.3 Å². The second-order valence-electron chi connectivity index (χ2n) is 7.63. The number of likely N-dealkylation sites (tertiary alicyclic amines) is 1. The summed E-state index contributed by atoms with van der Waals surface area (Å²) in [7, 11) is 0. The van der Waals surface area contributed by atoms with Gasteiger partial charge in [-0.15, -0.1) is 16.8 Å². The van der Waals surface area contributed by atoms with Gasteiger partial charge in [0.05, 0.1) is 6.04 Å². The van der Waals surface area contributed by atoms with Gasteiger partial charge in [0, 0.05) is 29.4 Å². The maximum Gasteiger partial charge on any atom is 0.254 e. The van der Waals surface area contributed by atoms with Crippen LogP contribution >= 0.6 is 23.4 Å². The van der Waals surface area contributed by atoms with Crippen molar-refractivity contribution < 1.29 is 4.79 Å². The number of nitrogens with zero attached hydrogens (tertiary/aromatic N) is 4. The Hall–Kier alpha value is -2.57. The first-order chi connectivity index (χ1) is 15.1. The highest BCUT2D eigenvalue weighted by molar-refractivity contribution is 7.98. The summed E-state index contributed by atoms with van der Waals surface area (Å²) in [6, 6.07) is 15.5. The monoisotopic (exact) mass is 452 g/mol. The second-order valence-corrected chi connectivity index (χ2v) is 9.01. The topological polar surface area (TPSA) is 51.0 Å². The SMILES string of the molecule is C=CCn1c(SCc2ccc(Cl)cc2)nnc1C1CCCN1C(=O)c1ccccc1C. The summed E-state index contributed by atoms with van der Waals surface area (Å²) < 4.78 is 2.09. The maximum atomic E-state index is 13.3. The fourth-order valence-corrected chi connectivity index (χ4v) is 4.96. The van der Waals surface area contributed by atoms with Crippen LogP contribution in [0.25, 0.3) is 0 Å². The average Bonchev–Trinajstić information content (AvgIpc) is 3.40. The van der Waals surface area contributed by atoms with Gasteiger partial charge >= 0.3 is 0 Å². The zero-order chi connectivity index (χ0) is 21.8. The van der Waals surface area contributed by atoms with Gasteiger partial charge in [-0.2, -0.15) is 0 Å². The highest BCUT2D eigenvalue weighted by Crippen LogP contribution is 2.34. The first kappa shape index (κ1) is 21.7. The molecule has 7 heteroatoms. The first-order valence-corrected chi connectivity index (χ1v) is 11.7. The summed E-state index contributed by atoms with van der Waals surface area (Å²) in [5.41, 5.74) is 2.91. The van der Waals surface area contributed by atoms with Gasteiger partial charge in [-0.25, -0.2) is 0 Å². The van der Waals surface area contributed by atoms with Crippen molar-refractivity contribution in [2.45, 2.75) is 43.3 Å². The van der Waals surface area contributed by atoms with Crippen molar-refractivity contribution in [2.75, 3.05) is 6.54 Å². The molecule has 2 aromatic carbocycles. The average molecular weight is 453 g/mol. The van der Waals surface area contributed by atoms with Crippen molar-refractivity contribution in [3.63, 3.8) is 0 Å². The molecule has 160 valence electrons. The van der Waals surface area contributed by atoms with E-state index in [1.165, 1.54) is 5.56 Å². The highest BCUT2D eigenvalue weighted by atomic mass is 35.5. The lowest BCUT2D eigenvalue weighted by molar-refractivity contribution is 0.0726. The lowest BCUT2D eigenvalue weighted by Crippen LogP contribution is -2.32. The fourth-order valence-electron chi connectivity index (χ4n) is 3.93. The minimum Gasteiger partial charge on any atom is -0.328 e. The number of allylic oxidation sites excluding steroid dienone is 1. The molecular weight excluding hydrogens is 428 g/mol. The predicted molar refractivity (Wildman–Crippen MR) is 125 cm³/mol. The summed E-state index contributed by atoms with van der Waals surface area (Å²) in [4.78, 5) is 15.2. The Morgan fingerprint density at radius 2 is 2.00 bits per heavy atom. The minimum absolute atomic E-state index is 0.0594. The molecule has 1 unspecified atom stereocenters. The van der Waals surface area contributed by atoms with Crippen LogP contribution in [0.2, 0.25) is 5.02 Å². The molecule has 31 heavy (non-hydrogen) atoms. The number of aryl methyl sites for hydroxylation is 1. The van der Waals surface area contributed by atoms with E-state index in [9.17, 15) is 4.79 Å². The van der Waals surface area contributed by atoms with Gasteiger partial charge in [0.2, 0.25) is 0 Å². The molecule has 0 saturated carbocycles. The second kappa shape index (κ2) is 9.71. The van der Waals surface area contributed by atoms with Crippen LogP contribution in [0.5, 0.6) is 0 Å². The van der Waals surface area contributed by atoms with E-state index in [1.807, 2.05) is 66.4 Å². The maximum absolute atomic E-state index is 13.3. The van der Waals surface area contributed by atoms with Crippen molar-refractivity contribution in [3.05, 3.63) is 88.7 Å². The standard InChI is InChI=1S/C24H25ClN4OS/c1-3-14-29-22(26-27-24(29)31-16-18-10-12-19(25)13-11-18)21-9-6-15-28(21)23(30)20-8-5-4-7-17(20)2/h3-5,7-8,10-13,21H,1,6,9,14-16H2,2H3. The number of hydrogen-bond donors (Lipinski definition) is 0. The van der Waals surface area contributed by atoms with E-state index in [2.05, 4.69) is 21.3 Å². The molecular formula is C24H25ClN4OS. The van der Waals surface area contributed by atoms with Crippen LogP contribution < -0.4 is 0 Å². The zero-order valence-electron chi connectivity index (χ0n) is 17.5. The number of halogens is 1. The van der Waals surface area contributed by atoms with Crippen LogP contribution in [0.4, 0.5) is 0 Å². The smallest absolute Gasteiger partial charge is 0.254 e. The molecule has 1 saturated heterocycles. The van der Waals surface area contributed by atoms with E-state index in [0.717, 1.165) is 52.3 Å². The fraction of sp³-hybridized carbons (Fsp3) is 0.292. The third-order valence-electron chi connectivity index (χ3n) is 5.53. The number of rotatable bonds is 7. The Morgan fingerprint density at radius 1 is 1.23 bits per heavy atom. The van der Waals surface area contributed by atoms with Crippen LogP contribution in [0.3, 0.4) is 0 Å². The number of benzene rings is 2. The van der Waals surface area contributed by atoms with E-state index < -0.39 is 0 Å². The van der Waals surface area contributed by atoms with E-state index in [1.54, 1.807) is 11.8 Å². The molecule has 5 nitrogen and oxygen atoms in total. The van der Waals surface area contributed by atoms with Crippen LogP contribution in [-0.2, 0) is 12.3 Å². The van der Waals surface area contributed by atoms with E-state index in [0.29, 0.717) is 6.54 Å². The van der Waals surface area contributed by atoms with Crippen molar-refractivity contribution in [2.24, 2.45) is 0 Å². The summed E-state index contributed by atoms with van der Waals surface area (Å²) in [5.74, 6) is 1.66. The van der Waals surface area contributed by atoms with E-state index in [4.69, 9.17) is 11.6 Å². The van der Waals surface area contributed by atoms with Gasteiger partial charge in [-0.3, -0.25) is 4.79 Å². The van der Waals surface area contributed by atoms with Gasteiger partial charge in [0.15, 0.2) is 11.0 Å². The summed E-state index contributed by atoms with van der Waals surface area (Å²) in [5, 5.41) is 10.5. The molecule has 0 N–H and O–H groups in total. The molecule has 1 amide bonds. The van der Waals surface area contributed by atoms with Crippen LogP contribution in [0, 0.1) is 6.92 Å². The number of carbonyl (C=O) groups excluding carboxylic acids is 1. The molecule has 4 rings (SSSR count). The molecule has 1 aliphatic rings. The quantitative estimate of drug-likeness (QED) is 0.341. The largest absolute Gasteiger partial charge is 0.328 e. The molecule has 3 aromatic rings. The van der Waals surface area contributed by atoms with Crippen LogP contribution in [-0.4, -0.2) is 32.1 Å². The molecule has 0 aliphatic carbocycles. The molecule has 1 aromatic heterocycles. The molecule has 1 atom stereocenters. The molecule has 2 heterocycles. The van der Waals surface area contributed by atoms with E-state index in [-0.39, 0.29) is 11.9 Å². The predicted octanol–water partition coefficient (Wildman–Crippen LogP) is 5.70. The van der Waals surface area contributed by atoms with Crippen molar-refractivity contribution in [1.29, 1.82) is 0 Å². The molecule has 1 aliphatic heterocycles. The first-order valence-electron chi connectivity index (χ1n) is 10.4. The Bertz CT molecular complexity index is 1080. The normalized spacial score (nSPS) is 15.9. The molecule has 0 spiro atoms. The van der Waals surface area contributed by atoms with E-state index >= 15 is 0 Å². The highest BCUT2D eigenvalue weighted by Gasteiger charge is 2.35. The Kier molecular flexibility index (Phi) is 6.78. The molecule has 0 bridgehead atoms. The summed E-state index contributed by atoms with van der Waals surface area (Å²) >= 11 is 7.62. The Balaban J connectivity index is 1.58. The van der Waals surface area contributed by atoms with Crippen LogP contribution in [0.1, 0.15) is 46.2 Å². The zero-order valence-corrected chi connectivity index (χ0v) is 19.1. The summed E-state index contributed by atoms with van der Waals surface area (Å²) in [6.07, 6.45) is 3.69. The van der Waals surface area contributed by atoms with Gasteiger partial charge in [0.25, 0.3) is 5.91 Å². The number of aromatic nitrogens is 3. The van der Waals surface area contributed by atoms with Gasteiger partial charge in [-0.05, 0) is 49.1 Å². The summed E-state index contributed by atoms with van der Waals surface area (Å²) in [6.45, 7) is 7.21. The van der Waals surface area contributed by atoms with Crippen molar-refractivity contribution >= 4 is 29.3 Å². The third kappa shape index (κ3) is 4.70. The lowest BCUT2D eigenvalue weighted by atomic mass is 10.1. The third-order valence-corrected chi connectivity index (χ3v) is 6.82. The van der Waals surface area contributed by atoms with Gasteiger partial charge in [-0.1, -0.05) is 59.8 Å². The number of hydrogen-bond acceptors (Lipinski definition) is 4. The van der Waals surface area contributed by atoms with Gasteiger partial charge < -0.3 is 9.47 Å². The number of thioether (sulfide) groups is 1. The van der Waals surface area contributed by atoms with Crippen molar-refractivity contribution in [1.82, 2.24) is 19.7 Å². The molecule has 1 fully saturated rings. The number of amides is 1. The minimum atomic E-state index is -0.0792. The van der Waals surface area contributed by atoms with Gasteiger partial charge in [0.1, 0.15) is 0 Å². The molecule has 0 radical (unpaired) electrons. The lowest BCUT2D eigenvalue weighted by Gasteiger charge is -2.25. The Labute approximate surface area is 192 Å².